The molecular weight excluding hydrogens is 376 g/mol. The second-order valence-corrected chi connectivity index (χ2v) is 8.51. The van der Waals surface area contributed by atoms with E-state index in [0.29, 0.717) is 18.0 Å². The Balaban J connectivity index is 1.39. The average Bonchev–Trinajstić information content (AvgIpc) is 3.29. The molecule has 4 heterocycles. The summed E-state index contributed by atoms with van der Waals surface area (Å²) in [5.74, 6) is 1.64. The second kappa shape index (κ2) is 7.36. The molecule has 8 nitrogen and oxygen atoms in total. The summed E-state index contributed by atoms with van der Waals surface area (Å²) in [6.07, 6.45) is 8.58. The van der Waals surface area contributed by atoms with Crippen LogP contribution in [-0.2, 0) is 7.05 Å². The Morgan fingerprint density at radius 1 is 1.07 bits per heavy atom. The number of pyridine rings is 1. The van der Waals surface area contributed by atoms with Gasteiger partial charge in [0.2, 0.25) is 5.95 Å². The standard InChI is InChI=1S/C22H28N8/c1-14-24-19-10-9-18(26-21(19)29(14)4)17-11-12-30-20(17)13-23-22(27-30)25-15-5-7-16(8-6-15)28(2)3/h9-13,15-16H,5-8H2,1-4H3,(H,25,27)/t15-,16-. The van der Waals surface area contributed by atoms with E-state index >= 15 is 0 Å². The number of imidazole rings is 1. The van der Waals surface area contributed by atoms with Gasteiger partial charge in [0.05, 0.1) is 17.4 Å². The van der Waals surface area contributed by atoms with E-state index in [1.807, 2.05) is 53.6 Å². The highest BCUT2D eigenvalue weighted by atomic mass is 15.3. The molecule has 5 rings (SSSR count). The number of hydrogen-bond donors (Lipinski definition) is 1. The van der Waals surface area contributed by atoms with Gasteiger partial charge in [-0.15, -0.1) is 5.10 Å². The molecule has 1 aliphatic carbocycles. The minimum Gasteiger partial charge on any atom is -0.350 e. The summed E-state index contributed by atoms with van der Waals surface area (Å²) < 4.78 is 3.90. The van der Waals surface area contributed by atoms with E-state index in [4.69, 9.17) is 10.1 Å². The zero-order chi connectivity index (χ0) is 20.8. The van der Waals surface area contributed by atoms with Gasteiger partial charge in [0.15, 0.2) is 5.65 Å². The number of rotatable bonds is 4. The summed E-state index contributed by atoms with van der Waals surface area (Å²) in [6.45, 7) is 1.99. The predicted octanol–water partition coefficient (Wildman–Crippen LogP) is 3.27. The summed E-state index contributed by atoms with van der Waals surface area (Å²) in [6, 6.07) is 7.21. The lowest BCUT2D eigenvalue weighted by molar-refractivity contribution is 0.221. The Morgan fingerprint density at radius 2 is 1.87 bits per heavy atom. The molecule has 0 radical (unpaired) electrons. The van der Waals surface area contributed by atoms with Gasteiger partial charge in [-0.05, 0) is 64.9 Å². The Hall–Kier alpha value is -3.00. The fourth-order valence-corrected chi connectivity index (χ4v) is 4.43. The van der Waals surface area contributed by atoms with Crippen LogP contribution < -0.4 is 5.32 Å². The number of aromatic nitrogens is 6. The molecule has 1 aliphatic rings. The maximum atomic E-state index is 4.84. The van der Waals surface area contributed by atoms with E-state index in [0.717, 1.165) is 46.6 Å². The lowest BCUT2D eigenvalue weighted by Crippen LogP contribution is -2.36. The van der Waals surface area contributed by atoms with E-state index in [1.54, 1.807) is 0 Å². The molecule has 0 atom stereocenters. The molecule has 1 saturated carbocycles. The van der Waals surface area contributed by atoms with Crippen LogP contribution in [0.2, 0.25) is 0 Å². The van der Waals surface area contributed by atoms with Crippen LogP contribution in [0.25, 0.3) is 27.9 Å². The van der Waals surface area contributed by atoms with Crippen molar-refractivity contribution >= 4 is 22.6 Å². The Kier molecular flexibility index (Phi) is 4.66. The zero-order valence-corrected chi connectivity index (χ0v) is 18.0. The third-order valence-corrected chi connectivity index (χ3v) is 6.39. The number of fused-ring (bicyclic) bond motifs is 2. The molecule has 0 unspecified atom stereocenters. The minimum absolute atomic E-state index is 0.436. The van der Waals surface area contributed by atoms with Gasteiger partial charge < -0.3 is 14.8 Å². The number of hydrogen-bond acceptors (Lipinski definition) is 6. The smallest absolute Gasteiger partial charge is 0.241 e. The van der Waals surface area contributed by atoms with Gasteiger partial charge in [0, 0.05) is 30.9 Å². The Morgan fingerprint density at radius 3 is 2.63 bits per heavy atom. The molecule has 1 fully saturated rings. The monoisotopic (exact) mass is 404 g/mol. The average molecular weight is 405 g/mol. The molecule has 0 aromatic carbocycles. The maximum Gasteiger partial charge on any atom is 0.241 e. The van der Waals surface area contributed by atoms with E-state index in [2.05, 4.69) is 34.3 Å². The highest BCUT2D eigenvalue weighted by Gasteiger charge is 2.23. The van der Waals surface area contributed by atoms with Crippen LogP contribution in [0.5, 0.6) is 0 Å². The fourth-order valence-electron chi connectivity index (χ4n) is 4.43. The van der Waals surface area contributed by atoms with Crippen LogP contribution in [0.3, 0.4) is 0 Å². The molecule has 0 aliphatic heterocycles. The van der Waals surface area contributed by atoms with Crippen LogP contribution in [0.4, 0.5) is 5.95 Å². The highest BCUT2D eigenvalue weighted by Crippen LogP contribution is 2.27. The van der Waals surface area contributed by atoms with Gasteiger partial charge in [-0.3, -0.25) is 0 Å². The van der Waals surface area contributed by atoms with Crippen molar-refractivity contribution in [2.45, 2.75) is 44.7 Å². The van der Waals surface area contributed by atoms with Gasteiger partial charge in [-0.1, -0.05) is 0 Å². The summed E-state index contributed by atoms with van der Waals surface area (Å²) in [5.41, 5.74) is 4.67. The van der Waals surface area contributed by atoms with E-state index in [-0.39, 0.29) is 0 Å². The van der Waals surface area contributed by atoms with Crippen LogP contribution in [0.15, 0.2) is 30.6 Å². The first kappa shape index (κ1) is 19.0. The lowest BCUT2D eigenvalue weighted by Gasteiger charge is -2.32. The molecule has 30 heavy (non-hydrogen) atoms. The lowest BCUT2D eigenvalue weighted by atomic mass is 9.91. The van der Waals surface area contributed by atoms with Gasteiger partial charge >= 0.3 is 0 Å². The summed E-state index contributed by atoms with van der Waals surface area (Å²) in [5, 5.41) is 8.22. The van der Waals surface area contributed by atoms with Crippen molar-refractivity contribution in [1.82, 2.24) is 34.0 Å². The molecular formula is C22H28N8. The number of nitrogens with zero attached hydrogens (tertiary/aromatic N) is 7. The molecule has 0 bridgehead atoms. The van der Waals surface area contributed by atoms with Gasteiger partial charge in [-0.2, -0.15) is 0 Å². The van der Waals surface area contributed by atoms with Crippen LogP contribution >= 0.6 is 0 Å². The van der Waals surface area contributed by atoms with E-state index in [1.165, 1.54) is 12.8 Å². The molecule has 4 aromatic heterocycles. The second-order valence-electron chi connectivity index (χ2n) is 8.51. The van der Waals surface area contributed by atoms with Crippen LogP contribution in [0.1, 0.15) is 31.5 Å². The van der Waals surface area contributed by atoms with Gasteiger partial charge in [0.1, 0.15) is 11.3 Å². The zero-order valence-electron chi connectivity index (χ0n) is 18.0. The normalized spacial score (nSPS) is 19.8. The van der Waals surface area contributed by atoms with E-state index in [9.17, 15) is 0 Å². The number of nitrogens with one attached hydrogen (secondary N) is 1. The van der Waals surface area contributed by atoms with Crippen LogP contribution in [-0.4, -0.2) is 60.2 Å². The molecule has 4 aromatic rings. The summed E-state index contributed by atoms with van der Waals surface area (Å²) in [4.78, 5) is 16.3. The Bertz CT molecular complexity index is 1200. The third kappa shape index (κ3) is 3.31. The maximum absolute atomic E-state index is 4.84. The molecule has 1 N–H and O–H groups in total. The van der Waals surface area contributed by atoms with Crippen molar-refractivity contribution in [3.05, 3.63) is 36.4 Å². The van der Waals surface area contributed by atoms with Crippen molar-refractivity contribution < 1.29 is 0 Å². The summed E-state index contributed by atoms with van der Waals surface area (Å²) >= 11 is 0. The number of anilines is 1. The molecule has 0 saturated heterocycles. The van der Waals surface area contributed by atoms with Crippen molar-refractivity contribution in [1.29, 1.82) is 0 Å². The largest absolute Gasteiger partial charge is 0.350 e. The molecule has 0 amide bonds. The topological polar surface area (TPSA) is 76.2 Å². The first-order chi connectivity index (χ1) is 14.5. The van der Waals surface area contributed by atoms with Crippen molar-refractivity contribution in [2.24, 2.45) is 7.05 Å². The first-order valence-corrected chi connectivity index (χ1v) is 10.6. The van der Waals surface area contributed by atoms with E-state index < -0.39 is 0 Å². The van der Waals surface area contributed by atoms with Gasteiger partial charge in [-0.25, -0.2) is 19.5 Å². The third-order valence-electron chi connectivity index (χ3n) is 6.39. The van der Waals surface area contributed by atoms with Crippen molar-refractivity contribution in [3.8, 4) is 11.3 Å². The first-order valence-electron chi connectivity index (χ1n) is 10.6. The molecule has 8 heteroatoms. The Labute approximate surface area is 176 Å². The molecule has 156 valence electrons. The number of aryl methyl sites for hydroxylation is 2. The summed E-state index contributed by atoms with van der Waals surface area (Å²) in [7, 11) is 6.33. The fraction of sp³-hybridized carbons (Fsp3) is 0.455. The molecule has 0 spiro atoms. The minimum atomic E-state index is 0.436. The van der Waals surface area contributed by atoms with Crippen LogP contribution in [0, 0.1) is 6.92 Å². The SMILES string of the molecule is Cc1nc2ccc(-c3ccn4nc(N[C@H]5CC[C@H](N(C)C)CC5)ncc34)nc2n1C. The predicted molar refractivity (Wildman–Crippen MR) is 119 cm³/mol. The van der Waals surface area contributed by atoms with Gasteiger partial charge in [0.25, 0.3) is 0 Å². The van der Waals surface area contributed by atoms with Crippen molar-refractivity contribution in [2.75, 3.05) is 19.4 Å². The quantitative estimate of drug-likeness (QED) is 0.563. The van der Waals surface area contributed by atoms with Crippen molar-refractivity contribution in [3.63, 3.8) is 0 Å². The highest BCUT2D eigenvalue weighted by molar-refractivity contribution is 5.82.